The summed E-state index contributed by atoms with van der Waals surface area (Å²) in [6.45, 7) is 2.04. The van der Waals surface area contributed by atoms with Gasteiger partial charge in [0.25, 0.3) is 5.91 Å². The molecule has 0 fully saturated rings. The third-order valence-electron chi connectivity index (χ3n) is 3.91. The molecule has 0 atom stereocenters. The molecule has 112 valence electrons. The maximum absolute atomic E-state index is 13.8. The van der Waals surface area contributed by atoms with Gasteiger partial charge in [0.05, 0.1) is 5.52 Å². The molecular formula is C18H17FN2O. The van der Waals surface area contributed by atoms with Gasteiger partial charge in [-0.15, -0.1) is 0 Å². The molecule has 0 aliphatic rings. The van der Waals surface area contributed by atoms with Crippen molar-refractivity contribution in [3.05, 3.63) is 65.6 Å². The van der Waals surface area contributed by atoms with E-state index in [0.717, 1.165) is 17.7 Å². The van der Waals surface area contributed by atoms with Crippen molar-refractivity contribution in [2.75, 3.05) is 5.32 Å². The first kappa shape index (κ1) is 14.3. The molecule has 3 aromatic rings. The summed E-state index contributed by atoms with van der Waals surface area (Å²) in [5.41, 5.74) is 3.00. The number of carbonyl (C=O) groups excluding carboxylic acids is 1. The van der Waals surface area contributed by atoms with Crippen molar-refractivity contribution in [3.63, 3.8) is 0 Å². The zero-order valence-electron chi connectivity index (χ0n) is 12.6. The first-order chi connectivity index (χ1) is 10.6. The molecule has 0 saturated carbocycles. The summed E-state index contributed by atoms with van der Waals surface area (Å²) in [5.74, 6) is -0.555. The van der Waals surface area contributed by atoms with Gasteiger partial charge in [0.15, 0.2) is 0 Å². The summed E-state index contributed by atoms with van der Waals surface area (Å²) in [6, 6.07) is 14.1. The lowest BCUT2D eigenvalue weighted by atomic mass is 10.1. The number of hydrogen-bond donors (Lipinski definition) is 1. The van der Waals surface area contributed by atoms with Crippen LogP contribution in [0.1, 0.15) is 23.0 Å². The van der Waals surface area contributed by atoms with Gasteiger partial charge in [-0.05, 0) is 36.2 Å². The average Bonchev–Trinajstić information content (AvgIpc) is 2.87. The highest BCUT2D eigenvalue weighted by atomic mass is 19.1. The molecule has 3 rings (SSSR count). The lowest BCUT2D eigenvalue weighted by Gasteiger charge is -2.10. The van der Waals surface area contributed by atoms with Gasteiger partial charge in [0.1, 0.15) is 11.5 Å². The quantitative estimate of drug-likeness (QED) is 0.774. The van der Waals surface area contributed by atoms with Gasteiger partial charge in [-0.3, -0.25) is 4.79 Å². The predicted octanol–water partition coefficient (Wildman–Crippen LogP) is 4.13. The zero-order chi connectivity index (χ0) is 15.7. The minimum absolute atomic E-state index is 0.237. The van der Waals surface area contributed by atoms with Crippen molar-refractivity contribution in [1.29, 1.82) is 0 Å². The smallest absolute Gasteiger partial charge is 0.272 e. The van der Waals surface area contributed by atoms with Crippen LogP contribution in [0.5, 0.6) is 0 Å². The van der Waals surface area contributed by atoms with Crippen LogP contribution in [0.2, 0.25) is 0 Å². The van der Waals surface area contributed by atoms with Gasteiger partial charge >= 0.3 is 0 Å². The van der Waals surface area contributed by atoms with E-state index < -0.39 is 0 Å². The van der Waals surface area contributed by atoms with E-state index in [1.165, 1.54) is 6.07 Å². The number of nitrogens with one attached hydrogen (secondary N) is 1. The second-order valence-corrected chi connectivity index (χ2v) is 5.23. The molecule has 1 aromatic heterocycles. The number of rotatable bonds is 3. The van der Waals surface area contributed by atoms with E-state index in [2.05, 4.69) is 5.32 Å². The number of hydrogen-bond acceptors (Lipinski definition) is 1. The number of aryl methyl sites for hydroxylation is 2. The Morgan fingerprint density at radius 3 is 2.68 bits per heavy atom. The average molecular weight is 296 g/mol. The van der Waals surface area contributed by atoms with Crippen LogP contribution in [0.15, 0.2) is 48.5 Å². The number of fused-ring (bicyclic) bond motifs is 1. The molecule has 0 unspecified atom stereocenters. The summed E-state index contributed by atoms with van der Waals surface area (Å²) < 4.78 is 15.6. The summed E-state index contributed by atoms with van der Waals surface area (Å²) in [7, 11) is 1.77. The highest BCUT2D eigenvalue weighted by Gasteiger charge is 2.16. The fraction of sp³-hybridized carbons (Fsp3) is 0.167. The summed E-state index contributed by atoms with van der Waals surface area (Å²) in [5, 5.41) is 3.37. The van der Waals surface area contributed by atoms with Gasteiger partial charge in [0, 0.05) is 18.1 Å². The summed E-state index contributed by atoms with van der Waals surface area (Å²) >= 11 is 0. The van der Waals surface area contributed by atoms with Crippen LogP contribution >= 0.6 is 0 Å². The standard InChI is InChI=1S/C18H17FN2O/c1-3-12-7-4-5-9-15(12)20-18(22)17-11-13-14(19)8-6-10-16(13)21(17)2/h4-11H,3H2,1-2H3,(H,20,22). The van der Waals surface area contributed by atoms with Crippen LogP contribution in [0.3, 0.4) is 0 Å². The number of nitrogens with zero attached hydrogens (tertiary/aromatic N) is 1. The van der Waals surface area contributed by atoms with E-state index >= 15 is 0 Å². The van der Waals surface area contributed by atoms with Gasteiger partial charge in [-0.2, -0.15) is 0 Å². The maximum Gasteiger partial charge on any atom is 0.272 e. The normalized spacial score (nSPS) is 10.9. The number of aromatic nitrogens is 1. The molecule has 3 nitrogen and oxygen atoms in total. The number of carbonyl (C=O) groups is 1. The van der Waals surface area contributed by atoms with Crippen LogP contribution < -0.4 is 5.32 Å². The molecule has 1 heterocycles. The molecule has 0 saturated heterocycles. The van der Waals surface area contributed by atoms with Gasteiger partial charge in [-0.25, -0.2) is 4.39 Å². The number of benzene rings is 2. The predicted molar refractivity (Wildman–Crippen MR) is 86.7 cm³/mol. The monoisotopic (exact) mass is 296 g/mol. The minimum Gasteiger partial charge on any atom is -0.340 e. The Balaban J connectivity index is 1.99. The second-order valence-electron chi connectivity index (χ2n) is 5.23. The van der Waals surface area contributed by atoms with E-state index in [1.807, 2.05) is 31.2 Å². The Labute approximate surface area is 128 Å². The minimum atomic E-state index is -0.318. The number of para-hydroxylation sites is 1. The van der Waals surface area contributed by atoms with E-state index in [-0.39, 0.29) is 11.7 Å². The molecule has 0 aliphatic carbocycles. The maximum atomic E-state index is 13.8. The molecule has 4 heteroatoms. The van der Waals surface area contributed by atoms with Gasteiger partial charge in [-0.1, -0.05) is 31.2 Å². The number of halogens is 1. The largest absolute Gasteiger partial charge is 0.340 e. The van der Waals surface area contributed by atoms with Crippen molar-refractivity contribution in [2.45, 2.75) is 13.3 Å². The lowest BCUT2D eigenvalue weighted by molar-refractivity contribution is 0.101. The van der Waals surface area contributed by atoms with E-state index in [0.29, 0.717) is 16.6 Å². The van der Waals surface area contributed by atoms with Crippen molar-refractivity contribution in [1.82, 2.24) is 4.57 Å². The fourth-order valence-corrected chi connectivity index (χ4v) is 2.68. The SMILES string of the molecule is CCc1ccccc1NC(=O)c1cc2c(F)cccc2n1C. The summed E-state index contributed by atoms with van der Waals surface area (Å²) in [4.78, 5) is 12.5. The molecule has 0 radical (unpaired) electrons. The van der Waals surface area contributed by atoms with E-state index in [9.17, 15) is 9.18 Å². The molecule has 1 N–H and O–H groups in total. The van der Waals surface area contributed by atoms with Gasteiger partial charge in [0.2, 0.25) is 0 Å². The van der Waals surface area contributed by atoms with Crippen LogP contribution in [0, 0.1) is 5.82 Å². The third kappa shape index (κ3) is 2.37. The van der Waals surface area contributed by atoms with Crippen LogP contribution in [0.4, 0.5) is 10.1 Å². The topological polar surface area (TPSA) is 34.0 Å². The van der Waals surface area contributed by atoms with Crippen LogP contribution in [-0.4, -0.2) is 10.5 Å². The van der Waals surface area contributed by atoms with Crippen molar-refractivity contribution >= 4 is 22.5 Å². The molecule has 1 amide bonds. The Hall–Kier alpha value is -2.62. The molecule has 2 aromatic carbocycles. The highest BCUT2D eigenvalue weighted by Crippen LogP contribution is 2.23. The Morgan fingerprint density at radius 2 is 1.95 bits per heavy atom. The first-order valence-corrected chi connectivity index (χ1v) is 7.25. The van der Waals surface area contributed by atoms with Gasteiger partial charge < -0.3 is 9.88 Å². The van der Waals surface area contributed by atoms with E-state index in [4.69, 9.17) is 0 Å². The fourth-order valence-electron chi connectivity index (χ4n) is 2.68. The van der Waals surface area contributed by atoms with Crippen molar-refractivity contribution in [3.8, 4) is 0 Å². The molecule has 22 heavy (non-hydrogen) atoms. The Morgan fingerprint density at radius 1 is 1.18 bits per heavy atom. The number of amides is 1. The van der Waals surface area contributed by atoms with E-state index in [1.54, 1.807) is 29.8 Å². The Bertz CT molecular complexity index is 851. The third-order valence-corrected chi connectivity index (χ3v) is 3.91. The highest BCUT2D eigenvalue weighted by molar-refractivity contribution is 6.06. The molecule has 0 bridgehead atoms. The molecule has 0 spiro atoms. The second kappa shape index (κ2) is 5.64. The molecule has 0 aliphatic heterocycles. The lowest BCUT2D eigenvalue weighted by Crippen LogP contribution is -2.16. The van der Waals surface area contributed by atoms with Crippen molar-refractivity contribution in [2.24, 2.45) is 7.05 Å². The number of anilines is 1. The Kier molecular flexibility index (Phi) is 3.67. The molecular weight excluding hydrogens is 279 g/mol. The summed E-state index contributed by atoms with van der Waals surface area (Å²) in [6.07, 6.45) is 0.834. The van der Waals surface area contributed by atoms with Crippen LogP contribution in [0.25, 0.3) is 10.9 Å². The first-order valence-electron chi connectivity index (χ1n) is 7.25. The zero-order valence-corrected chi connectivity index (χ0v) is 12.6. The van der Waals surface area contributed by atoms with Crippen molar-refractivity contribution < 1.29 is 9.18 Å². The van der Waals surface area contributed by atoms with Crippen LogP contribution in [-0.2, 0) is 13.5 Å².